The molecule has 4 nitrogen and oxygen atoms in total. The second-order valence-electron chi connectivity index (χ2n) is 4.65. The zero-order valence-electron chi connectivity index (χ0n) is 11.3. The van der Waals surface area contributed by atoms with Gasteiger partial charge in [0.25, 0.3) is 0 Å². The molecule has 0 aliphatic rings. The molecule has 0 radical (unpaired) electrons. The Bertz CT molecular complexity index is 506. The Morgan fingerprint density at radius 1 is 1.16 bits per heavy atom. The third-order valence-electron chi connectivity index (χ3n) is 2.75. The lowest BCUT2D eigenvalue weighted by atomic mass is 10.1. The van der Waals surface area contributed by atoms with Gasteiger partial charge in [0.1, 0.15) is 5.75 Å². The van der Waals surface area contributed by atoms with E-state index in [0.29, 0.717) is 13.0 Å². The van der Waals surface area contributed by atoms with E-state index in [1.165, 1.54) is 0 Å². The lowest BCUT2D eigenvalue weighted by Crippen LogP contribution is -2.16. The monoisotopic (exact) mass is 305 g/mol. The molecule has 108 valence electrons. The van der Waals surface area contributed by atoms with Crippen molar-refractivity contribution in [3.05, 3.63) is 28.3 Å². The first-order chi connectivity index (χ1) is 8.79. The van der Waals surface area contributed by atoms with Crippen LogP contribution in [-0.4, -0.2) is 20.8 Å². The van der Waals surface area contributed by atoms with Crippen LogP contribution in [0.5, 0.6) is 5.75 Å². The van der Waals surface area contributed by atoms with Crippen LogP contribution in [0.15, 0.2) is 12.1 Å². The van der Waals surface area contributed by atoms with E-state index in [4.69, 9.17) is 21.5 Å². The van der Waals surface area contributed by atoms with Crippen molar-refractivity contribution < 1.29 is 13.2 Å². The Morgan fingerprint density at radius 2 is 1.74 bits per heavy atom. The van der Waals surface area contributed by atoms with Gasteiger partial charge in [-0.15, -0.1) is 0 Å². The van der Waals surface area contributed by atoms with E-state index in [-0.39, 0.29) is 5.75 Å². The molecule has 2 N–H and O–H groups in total. The fourth-order valence-corrected chi connectivity index (χ4v) is 2.48. The highest BCUT2D eigenvalue weighted by molar-refractivity contribution is 7.89. The van der Waals surface area contributed by atoms with Gasteiger partial charge in [-0.1, -0.05) is 11.6 Å². The summed E-state index contributed by atoms with van der Waals surface area (Å²) < 4.78 is 27.1. The fraction of sp³-hybridized carbons (Fsp3) is 0.538. The normalized spacial score (nSPS) is 11.6. The molecule has 0 aliphatic heterocycles. The molecule has 0 heterocycles. The summed E-state index contributed by atoms with van der Waals surface area (Å²) in [6.07, 6.45) is 2.15. The number of benzene rings is 1. The third-order valence-corrected chi connectivity index (χ3v) is 4.21. The number of rotatable bonds is 7. The lowest BCUT2D eigenvalue weighted by Gasteiger charge is -2.09. The Labute approximate surface area is 120 Å². The molecule has 0 atom stereocenters. The van der Waals surface area contributed by atoms with Crippen molar-refractivity contribution in [3.8, 4) is 5.75 Å². The first kappa shape index (κ1) is 16.3. The Morgan fingerprint density at radius 3 is 2.26 bits per heavy atom. The molecular weight excluding hydrogens is 286 g/mol. The Hall–Kier alpha value is -0.780. The van der Waals surface area contributed by atoms with Gasteiger partial charge >= 0.3 is 0 Å². The predicted molar refractivity (Wildman–Crippen MR) is 78.2 cm³/mol. The summed E-state index contributed by atoms with van der Waals surface area (Å²) in [5.41, 5.74) is 1.98. The predicted octanol–water partition coefficient (Wildman–Crippen LogP) is 2.79. The lowest BCUT2D eigenvalue weighted by molar-refractivity contribution is 0.306. The summed E-state index contributed by atoms with van der Waals surface area (Å²) in [5.74, 6) is 0.831. The van der Waals surface area contributed by atoms with E-state index in [0.717, 1.165) is 34.7 Å². The van der Waals surface area contributed by atoms with Crippen LogP contribution in [0.25, 0.3) is 0 Å². The molecule has 1 aromatic rings. The summed E-state index contributed by atoms with van der Waals surface area (Å²) in [4.78, 5) is 0. The molecule has 6 heteroatoms. The van der Waals surface area contributed by atoms with Gasteiger partial charge < -0.3 is 4.74 Å². The van der Waals surface area contributed by atoms with Crippen molar-refractivity contribution in [1.82, 2.24) is 0 Å². The Balaban J connectivity index is 2.30. The highest BCUT2D eigenvalue weighted by Gasteiger charge is 2.04. The summed E-state index contributed by atoms with van der Waals surface area (Å²) >= 11 is 6.07. The molecule has 1 aromatic carbocycles. The molecule has 0 bridgehead atoms. The molecule has 0 saturated heterocycles. The third kappa shape index (κ3) is 6.27. The van der Waals surface area contributed by atoms with E-state index >= 15 is 0 Å². The molecule has 1 rings (SSSR count). The molecule has 0 fully saturated rings. The van der Waals surface area contributed by atoms with Crippen LogP contribution in [0.1, 0.15) is 30.4 Å². The number of unbranched alkanes of at least 4 members (excludes halogenated alkanes) is 2. The number of primary sulfonamides is 1. The average molecular weight is 306 g/mol. The maximum absolute atomic E-state index is 10.7. The van der Waals surface area contributed by atoms with Crippen LogP contribution in [0, 0.1) is 13.8 Å². The molecule has 0 aliphatic carbocycles. The molecule has 0 saturated carbocycles. The summed E-state index contributed by atoms with van der Waals surface area (Å²) in [5, 5.41) is 5.68. The first-order valence-corrected chi connectivity index (χ1v) is 8.29. The van der Waals surface area contributed by atoms with E-state index < -0.39 is 10.0 Å². The van der Waals surface area contributed by atoms with E-state index in [1.807, 2.05) is 26.0 Å². The average Bonchev–Trinajstić information content (AvgIpc) is 2.29. The minimum absolute atomic E-state index is 0.0339. The van der Waals surface area contributed by atoms with Gasteiger partial charge in [-0.25, -0.2) is 13.6 Å². The van der Waals surface area contributed by atoms with Crippen molar-refractivity contribution in [2.45, 2.75) is 33.1 Å². The van der Waals surface area contributed by atoms with Crippen molar-refractivity contribution in [1.29, 1.82) is 0 Å². The van der Waals surface area contributed by atoms with Gasteiger partial charge in [0.2, 0.25) is 10.0 Å². The van der Waals surface area contributed by atoms with E-state index in [2.05, 4.69) is 0 Å². The minimum Gasteiger partial charge on any atom is -0.494 e. The smallest absolute Gasteiger partial charge is 0.209 e. The van der Waals surface area contributed by atoms with Crippen molar-refractivity contribution in [2.24, 2.45) is 5.14 Å². The topological polar surface area (TPSA) is 69.4 Å². The van der Waals surface area contributed by atoms with Crippen molar-refractivity contribution in [2.75, 3.05) is 12.4 Å². The zero-order chi connectivity index (χ0) is 14.5. The maximum Gasteiger partial charge on any atom is 0.209 e. The quantitative estimate of drug-likeness (QED) is 0.788. The second-order valence-corrected chi connectivity index (χ2v) is 6.76. The first-order valence-electron chi connectivity index (χ1n) is 6.19. The van der Waals surface area contributed by atoms with E-state index in [9.17, 15) is 8.42 Å². The van der Waals surface area contributed by atoms with Crippen molar-refractivity contribution in [3.63, 3.8) is 0 Å². The number of hydrogen-bond acceptors (Lipinski definition) is 3. The molecular formula is C13H20ClNO3S. The number of ether oxygens (including phenoxy) is 1. The van der Waals surface area contributed by atoms with Gasteiger partial charge in [0.15, 0.2) is 0 Å². The minimum atomic E-state index is -3.33. The van der Waals surface area contributed by atoms with Gasteiger partial charge in [-0.3, -0.25) is 0 Å². The SMILES string of the molecule is Cc1cc(OCCCCCS(N)(=O)=O)cc(C)c1Cl. The number of hydrogen-bond donors (Lipinski definition) is 1. The van der Waals surface area contributed by atoms with Crippen LogP contribution < -0.4 is 9.88 Å². The van der Waals surface area contributed by atoms with Crippen molar-refractivity contribution >= 4 is 21.6 Å². The number of aryl methyl sites for hydroxylation is 2. The highest BCUT2D eigenvalue weighted by atomic mass is 35.5. The Kier molecular flexibility index (Phi) is 6.10. The maximum atomic E-state index is 10.7. The van der Waals surface area contributed by atoms with Crippen LogP contribution in [0.4, 0.5) is 0 Å². The molecule has 0 aromatic heterocycles. The largest absolute Gasteiger partial charge is 0.494 e. The van der Waals surface area contributed by atoms with Gasteiger partial charge in [0, 0.05) is 5.02 Å². The number of sulfonamides is 1. The fourth-order valence-electron chi connectivity index (χ4n) is 1.76. The van der Waals surface area contributed by atoms with E-state index in [1.54, 1.807) is 0 Å². The summed E-state index contributed by atoms with van der Waals surface area (Å²) in [7, 11) is -3.33. The highest BCUT2D eigenvalue weighted by Crippen LogP contribution is 2.25. The number of halogens is 1. The molecule has 0 spiro atoms. The van der Waals surface area contributed by atoms with Gasteiger partial charge in [-0.2, -0.15) is 0 Å². The van der Waals surface area contributed by atoms with Gasteiger partial charge in [-0.05, 0) is 56.4 Å². The molecule has 0 amide bonds. The number of nitrogens with two attached hydrogens (primary N) is 1. The van der Waals surface area contributed by atoms with Crippen LogP contribution in [-0.2, 0) is 10.0 Å². The standard InChI is InChI=1S/C13H20ClNO3S/c1-10-8-12(9-11(2)13(10)14)18-6-4-3-5-7-19(15,16)17/h8-9H,3-7H2,1-2H3,(H2,15,16,17). The molecule has 0 unspecified atom stereocenters. The summed E-state index contributed by atoms with van der Waals surface area (Å²) in [6.45, 7) is 4.44. The van der Waals surface area contributed by atoms with Crippen LogP contribution >= 0.6 is 11.6 Å². The summed E-state index contributed by atoms with van der Waals surface area (Å²) in [6, 6.07) is 3.80. The second kappa shape index (κ2) is 7.12. The van der Waals surface area contributed by atoms with Gasteiger partial charge in [0.05, 0.1) is 12.4 Å². The molecule has 19 heavy (non-hydrogen) atoms. The van der Waals surface area contributed by atoms with Crippen LogP contribution in [0.3, 0.4) is 0 Å². The zero-order valence-corrected chi connectivity index (χ0v) is 12.9. The van der Waals surface area contributed by atoms with Crippen LogP contribution in [0.2, 0.25) is 5.02 Å².